The van der Waals surface area contributed by atoms with E-state index in [9.17, 15) is 0 Å². The van der Waals surface area contributed by atoms with E-state index in [1.807, 2.05) is 91.0 Å². The fourth-order valence-corrected chi connectivity index (χ4v) is 5.07. The quantitative estimate of drug-likeness (QED) is 0.491. The number of thioether (sulfide) groups is 1. The Morgan fingerprint density at radius 1 is 0.844 bits per heavy atom. The summed E-state index contributed by atoms with van der Waals surface area (Å²) in [6, 6.07) is 29.2. The van der Waals surface area contributed by atoms with Gasteiger partial charge < -0.3 is 18.9 Å². The number of hydrogen-bond donors (Lipinski definition) is 0. The third-order valence-electron chi connectivity index (χ3n) is 5.62. The molecule has 4 nitrogen and oxygen atoms in total. The third-order valence-corrected chi connectivity index (χ3v) is 6.77. The Morgan fingerprint density at radius 3 is 2.22 bits per heavy atom. The van der Waals surface area contributed by atoms with Crippen molar-refractivity contribution in [1.82, 2.24) is 0 Å². The number of halogens is 1. The topological polar surface area (TPSA) is 36.9 Å². The van der Waals surface area contributed by atoms with Crippen LogP contribution < -0.4 is 0 Å². The van der Waals surface area contributed by atoms with Crippen LogP contribution in [0.5, 0.6) is 0 Å². The van der Waals surface area contributed by atoms with Crippen LogP contribution in [0.2, 0.25) is 0 Å². The minimum absolute atomic E-state index is 0.304. The number of benzene rings is 3. The second kappa shape index (κ2) is 10.1. The second-order valence-electron chi connectivity index (χ2n) is 7.86. The van der Waals surface area contributed by atoms with E-state index in [4.69, 9.17) is 18.9 Å². The van der Waals surface area contributed by atoms with E-state index < -0.39 is 36.2 Å². The summed E-state index contributed by atoms with van der Waals surface area (Å²) in [5.74, 6) is 0. The smallest absolute Gasteiger partial charge is 0.184 e. The average molecular weight is 453 g/mol. The molecule has 6 heteroatoms. The molecule has 0 radical (unpaired) electrons. The number of alkyl halides is 1. The van der Waals surface area contributed by atoms with Crippen LogP contribution in [0.25, 0.3) is 0 Å². The molecule has 0 saturated carbocycles. The Balaban J connectivity index is 1.36. The lowest BCUT2D eigenvalue weighted by Gasteiger charge is -2.47. The van der Waals surface area contributed by atoms with Crippen molar-refractivity contribution in [1.29, 1.82) is 0 Å². The van der Waals surface area contributed by atoms with Gasteiger partial charge in [-0.1, -0.05) is 90.6 Å². The van der Waals surface area contributed by atoms with Crippen LogP contribution in [0.1, 0.15) is 17.4 Å². The molecule has 0 bridgehead atoms. The van der Waals surface area contributed by atoms with Gasteiger partial charge in [0.25, 0.3) is 0 Å². The van der Waals surface area contributed by atoms with Gasteiger partial charge in [0.2, 0.25) is 0 Å². The molecule has 2 aliphatic rings. The molecule has 0 aliphatic carbocycles. The molecular formula is C26H25FO4S. The maximum Gasteiger partial charge on any atom is 0.184 e. The first kappa shape index (κ1) is 21.6. The summed E-state index contributed by atoms with van der Waals surface area (Å²) in [6.07, 6.45) is -3.69. The Labute approximate surface area is 191 Å². The maximum absolute atomic E-state index is 15.8. The van der Waals surface area contributed by atoms with E-state index in [0.717, 1.165) is 16.0 Å². The zero-order valence-corrected chi connectivity index (χ0v) is 18.3. The van der Waals surface area contributed by atoms with E-state index in [1.165, 1.54) is 11.8 Å². The van der Waals surface area contributed by atoms with E-state index in [2.05, 4.69) is 0 Å². The first-order chi connectivity index (χ1) is 15.8. The van der Waals surface area contributed by atoms with Gasteiger partial charge in [0, 0.05) is 10.5 Å². The first-order valence-electron chi connectivity index (χ1n) is 10.8. The van der Waals surface area contributed by atoms with Crippen molar-refractivity contribution >= 4 is 11.8 Å². The average Bonchev–Trinajstić information content (AvgIpc) is 2.86. The highest BCUT2D eigenvalue weighted by Crippen LogP contribution is 2.41. The predicted octanol–water partition coefficient (Wildman–Crippen LogP) is 5.54. The van der Waals surface area contributed by atoms with Crippen molar-refractivity contribution in [3.8, 4) is 0 Å². The van der Waals surface area contributed by atoms with Crippen LogP contribution in [-0.2, 0) is 25.6 Å². The number of rotatable bonds is 6. The molecular weight excluding hydrogens is 427 g/mol. The predicted molar refractivity (Wildman–Crippen MR) is 121 cm³/mol. The Morgan fingerprint density at radius 2 is 1.50 bits per heavy atom. The summed E-state index contributed by atoms with van der Waals surface area (Å²) in [7, 11) is 0. The number of ether oxygens (including phenoxy) is 4. The van der Waals surface area contributed by atoms with Gasteiger partial charge in [0.1, 0.15) is 23.7 Å². The fourth-order valence-electron chi connectivity index (χ4n) is 4.00. The van der Waals surface area contributed by atoms with Gasteiger partial charge in [-0.3, -0.25) is 0 Å². The molecule has 2 aliphatic heterocycles. The van der Waals surface area contributed by atoms with Crippen molar-refractivity contribution < 1.29 is 23.3 Å². The zero-order valence-electron chi connectivity index (χ0n) is 17.5. The summed E-state index contributed by atoms with van der Waals surface area (Å²) < 4.78 is 40.3. The molecule has 166 valence electrons. The van der Waals surface area contributed by atoms with Crippen molar-refractivity contribution in [2.75, 3.05) is 6.61 Å². The van der Waals surface area contributed by atoms with E-state index in [-0.39, 0.29) is 0 Å². The molecule has 3 aromatic rings. The van der Waals surface area contributed by atoms with Crippen LogP contribution in [-0.4, -0.2) is 36.5 Å². The first-order valence-corrected chi connectivity index (χ1v) is 11.6. The van der Waals surface area contributed by atoms with Gasteiger partial charge in [0.15, 0.2) is 12.5 Å². The molecule has 3 aromatic carbocycles. The SMILES string of the molecule is F[C@@H]1[C@@H](OCc2ccccc2)[C@@H]2O[C@H](c3ccccc3)OC[C@H]2O[C@H]1Sc1ccccc1. The molecule has 2 saturated heterocycles. The molecule has 2 heterocycles. The van der Waals surface area contributed by atoms with Gasteiger partial charge in [-0.25, -0.2) is 4.39 Å². The monoisotopic (exact) mass is 452 g/mol. The van der Waals surface area contributed by atoms with Gasteiger partial charge in [-0.05, 0) is 17.7 Å². The van der Waals surface area contributed by atoms with Crippen molar-refractivity contribution in [3.05, 3.63) is 102 Å². The number of fused-ring (bicyclic) bond motifs is 1. The second-order valence-corrected chi connectivity index (χ2v) is 9.03. The highest BCUT2D eigenvalue weighted by atomic mass is 32.2. The van der Waals surface area contributed by atoms with Crippen molar-refractivity contribution in [2.24, 2.45) is 0 Å². The standard InChI is InChI=1S/C26H25FO4S/c27-22-24(28-16-18-10-4-1-5-11-18)23-21(30-26(22)32-20-14-8-3-9-15-20)17-29-25(31-23)19-12-6-2-7-13-19/h1-15,21-26H,16-17H2/t21-,22-,23-,24-,25-,26+/m1/s1. The van der Waals surface area contributed by atoms with Crippen LogP contribution in [0.4, 0.5) is 4.39 Å². The molecule has 0 amide bonds. The highest BCUT2D eigenvalue weighted by Gasteiger charge is 2.51. The molecule has 5 rings (SSSR count). The molecule has 6 atom stereocenters. The molecule has 0 spiro atoms. The normalized spacial score (nSPS) is 29.9. The van der Waals surface area contributed by atoms with Gasteiger partial charge in [0.05, 0.1) is 13.2 Å². The minimum atomic E-state index is -1.36. The lowest BCUT2D eigenvalue weighted by atomic mass is 9.99. The van der Waals surface area contributed by atoms with Gasteiger partial charge in [-0.15, -0.1) is 0 Å². The van der Waals surface area contributed by atoms with E-state index in [0.29, 0.717) is 13.2 Å². The lowest BCUT2D eigenvalue weighted by Crippen LogP contribution is -2.60. The molecule has 2 fully saturated rings. The lowest BCUT2D eigenvalue weighted by molar-refractivity contribution is -0.319. The van der Waals surface area contributed by atoms with Gasteiger partial charge in [-0.2, -0.15) is 0 Å². The largest absolute Gasteiger partial charge is 0.368 e. The Bertz CT molecular complexity index is 975. The third kappa shape index (κ3) is 4.90. The summed E-state index contributed by atoms with van der Waals surface area (Å²) >= 11 is 1.36. The molecule has 0 N–H and O–H groups in total. The van der Waals surface area contributed by atoms with Crippen LogP contribution in [0.15, 0.2) is 95.9 Å². The molecule has 32 heavy (non-hydrogen) atoms. The van der Waals surface area contributed by atoms with Crippen LogP contribution >= 0.6 is 11.8 Å². The zero-order chi connectivity index (χ0) is 21.8. The fraction of sp³-hybridized carbons (Fsp3) is 0.308. The van der Waals surface area contributed by atoms with Crippen molar-refractivity contribution in [2.45, 2.75) is 47.7 Å². The maximum atomic E-state index is 15.8. The molecule has 0 aromatic heterocycles. The summed E-state index contributed by atoms with van der Waals surface area (Å²) in [6.45, 7) is 0.617. The summed E-state index contributed by atoms with van der Waals surface area (Å²) in [4.78, 5) is 0.945. The molecule has 0 unspecified atom stereocenters. The Kier molecular flexibility index (Phi) is 6.86. The van der Waals surface area contributed by atoms with E-state index in [1.54, 1.807) is 0 Å². The Hall–Kier alpha value is -2.22. The van der Waals surface area contributed by atoms with Crippen LogP contribution in [0.3, 0.4) is 0 Å². The summed E-state index contributed by atoms with van der Waals surface area (Å²) in [5, 5.41) is 0. The van der Waals surface area contributed by atoms with Crippen LogP contribution in [0, 0.1) is 0 Å². The highest BCUT2D eigenvalue weighted by molar-refractivity contribution is 7.99. The minimum Gasteiger partial charge on any atom is -0.368 e. The van der Waals surface area contributed by atoms with Gasteiger partial charge >= 0.3 is 0 Å². The number of hydrogen-bond acceptors (Lipinski definition) is 5. The van der Waals surface area contributed by atoms with E-state index >= 15 is 4.39 Å². The summed E-state index contributed by atoms with van der Waals surface area (Å²) in [5.41, 5.74) is 1.17. The van der Waals surface area contributed by atoms with Crippen molar-refractivity contribution in [3.63, 3.8) is 0 Å².